The molecule has 1 N–H and O–H groups in total. The van der Waals surface area contributed by atoms with E-state index in [1.165, 1.54) is 5.56 Å². The van der Waals surface area contributed by atoms with E-state index in [4.69, 9.17) is 28.2 Å². The third kappa shape index (κ3) is 4.73. The number of aromatic nitrogens is 1. The summed E-state index contributed by atoms with van der Waals surface area (Å²) in [6, 6.07) is 21.2. The average molecular weight is 453 g/mol. The predicted molar refractivity (Wildman–Crippen MR) is 125 cm³/mol. The second-order valence-corrected chi connectivity index (χ2v) is 8.61. The number of amides is 1. The van der Waals surface area contributed by atoms with Gasteiger partial charge in [-0.25, -0.2) is 4.98 Å². The quantitative estimate of drug-likeness (QED) is 0.353. The summed E-state index contributed by atoms with van der Waals surface area (Å²) in [4.78, 5) is 17.1. The van der Waals surface area contributed by atoms with Crippen molar-refractivity contribution in [3.8, 4) is 21.8 Å². The zero-order valence-corrected chi connectivity index (χ0v) is 18.5. The van der Waals surface area contributed by atoms with Crippen LogP contribution >= 0.6 is 34.5 Å². The summed E-state index contributed by atoms with van der Waals surface area (Å²) < 4.78 is 0. The maximum Gasteiger partial charge on any atom is 0.253 e. The highest BCUT2D eigenvalue weighted by molar-refractivity contribution is 7.13. The molecular formula is C24H18Cl2N2OS. The van der Waals surface area contributed by atoms with Gasteiger partial charge in [0.1, 0.15) is 5.01 Å². The number of benzene rings is 3. The molecule has 0 saturated heterocycles. The molecule has 1 aromatic heterocycles. The monoisotopic (exact) mass is 452 g/mol. The Hall–Kier alpha value is -2.66. The van der Waals surface area contributed by atoms with E-state index in [9.17, 15) is 4.79 Å². The number of aryl methyl sites for hydroxylation is 1. The number of nitrogens with one attached hydrogen (secondary N) is 1. The molecule has 0 radical (unpaired) electrons. The van der Waals surface area contributed by atoms with Crippen LogP contribution in [0.4, 0.5) is 0 Å². The minimum absolute atomic E-state index is 0.233. The van der Waals surface area contributed by atoms with Crippen molar-refractivity contribution < 1.29 is 4.79 Å². The SMILES string of the molecule is Cc1ccc(-c2csc(-c3ccc(CNC(=O)c4ccc(Cl)cc4Cl)cc3)n2)cc1. The smallest absolute Gasteiger partial charge is 0.253 e. The summed E-state index contributed by atoms with van der Waals surface area (Å²) in [5, 5.41) is 6.76. The number of hydrogen-bond acceptors (Lipinski definition) is 3. The summed E-state index contributed by atoms with van der Waals surface area (Å²) in [5.74, 6) is -0.233. The summed E-state index contributed by atoms with van der Waals surface area (Å²) in [6.07, 6.45) is 0. The summed E-state index contributed by atoms with van der Waals surface area (Å²) in [7, 11) is 0. The van der Waals surface area contributed by atoms with Gasteiger partial charge >= 0.3 is 0 Å². The van der Waals surface area contributed by atoms with Crippen LogP contribution in [0.3, 0.4) is 0 Å². The molecule has 150 valence electrons. The number of carbonyl (C=O) groups excluding carboxylic acids is 1. The Morgan fingerprint density at radius 1 is 0.967 bits per heavy atom. The fourth-order valence-corrected chi connectivity index (χ4v) is 4.31. The first-order valence-electron chi connectivity index (χ1n) is 9.35. The molecule has 0 fully saturated rings. The molecule has 30 heavy (non-hydrogen) atoms. The predicted octanol–water partition coefficient (Wildman–Crippen LogP) is 7.02. The van der Waals surface area contributed by atoms with Crippen LogP contribution in [0.1, 0.15) is 21.5 Å². The second-order valence-electron chi connectivity index (χ2n) is 6.91. The van der Waals surface area contributed by atoms with E-state index in [1.807, 2.05) is 24.3 Å². The fraction of sp³-hybridized carbons (Fsp3) is 0.0833. The van der Waals surface area contributed by atoms with Gasteiger partial charge in [-0.3, -0.25) is 4.79 Å². The highest BCUT2D eigenvalue weighted by Gasteiger charge is 2.11. The van der Waals surface area contributed by atoms with Gasteiger partial charge in [0.2, 0.25) is 0 Å². The van der Waals surface area contributed by atoms with Crippen molar-refractivity contribution in [2.24, 2.45) is 0 Å². The molecule has 0 aliphatic rings. The molecule has 1 heterocycles. The van der Waals surface area contributed by atoms with E-state index in [2.05, 4.69) is 41.9 Å². The summed E-state index contributed by atoms with van der Waals surface area (Å²) in [5.41, 5.74) is 5.77. The van der Waals surface area contributed by atoms with Crippen molar-refractivity contribution in [2.75, 3.05) is 0 Å². The van der Waals surface area contributed by atoms with Crippen molar-refractivity contribution in [3.05, 3.63) is 98.8 Å². The molecular weight excluding hydrogens is 435 g/mol. The van der Waals surface area contributed by atoms with Gasteiger partial charge in [-0.05, 0) is 30.7 Å². The molecule has 0 aliphatic carbocycles. The molecule has 0 saturated carbocycles. The van der Waals surface area contributed by atoms with Gasteiger partial charge in [0, 0.05) is 28.1 Å². The van der Waals surface area contributed by atoms with Crippen LogP contribution in [-0.4, -0.2) is 10.9 Å². The highest BCUT2D eigenvalue weighted by Crippen LogP contribution is 2.29. The van der Waals surface area contributed by atoms with Gasteiger partial charge in [-0.2, -0.15) is 0 Å². The average Bonchev–Trinajstić information content (AvgIpc) is 3.23. The Kier molecular flexibility index (Phi) is 6.18. The lowest BCUT2D eigenvalue weighted by Crippen LogP contribution is -2.23. The lowest BCUT2D eigenvalue weighted by molar-refractivity contribution is 0.0951. The van der Waals surface area contributed by atoms with E-state index in [1.54, 1.807) is 29.5 Å². The van der Waals surface area contributed by atoms with Gasteiger partial charge in [0.25, 0.3) is 5.91 Å². The maximum atomic E-state index is 12.4. The van der Waals surface area contributed by atoms with E-state index >= 15 is 0 Å². The number of carbonyl (C=O) groups is 1. The molecule has 0 spiro atoms. The standard InChI is InChI=1S/C24H18Cl2N2OS/c1-15-2-6-17(7-3-15)22-14-30-24(28-22)18-8-4-16(5-9-18)13-27-23(29)20-11-10-19(25)12-21(20)26/h2-12,14H,13H2,1H3,(H,27,29). The highest BCUT2D eigenvalue weighted by atomic mass is 35.5. The van der Waals surface area contributed by atoms with E-state index in [0.29, 0.717) is 22.2 Å². The molecule has 3 aromatic carbocycles. The Labute approximate surface area is 189 Å². The second kappa shape index (κ2) is 9.00. The maximum absolute atomic E-state index is 12.4. The molecule has 0 atom stereocenters. The Morgan fingerprint density at radius 3 is 2.37 bits per heavy atom. The Bertz CT molecular complexity index is 1180. The van der Waals surface area contributed by atoms with Crippen LogP contribution in [0.5, 0.6) is 0 Å². The first-order valence-corrected chi connectivity index (χ1v) is 11.0. The molecule has 1 amide bonds. The minimum Gasteiger partial charge on any atom is -0.348 e. The number of thiazole rings is 1. The number of hydrogen-bond donors (Lipinski definition) is 1. The fourth-order valence-electron chi connectivity index (χ4n) is 2.98. The van der Waals surface area contributed by atoms with Crippen LogP contribution in [0.15, 0.2) is 72.1 Å². The van der Waals surface area contributed by atoms with Crippen molar-refractivity contribution in [1.82, 2.24) is 10.3 Å². The van der Waals surface area contributed by atoms with Gasteiger partial charge in [-0.15, -0.1) is 11.3 Å². The van der Waals surface area contributed by atoms with E-state index in [0.717, 1.165) is 27.4 Å². The van der Waals surface area contributed by atoms with E-state index in [-0.39, 0.29) is 5.91 Å². The van der Waals surface area contributed by atoms with Gasteiger partial charge in [0.15, 0.2) is 0 Å². The Morgan fingerprint density at radius 2 is 1.67 bits per heavy atom. The van der Waals surface area contributed by atoms with Crippen molar-refractivity contribution in [1.29, 1.82) is 0 Å². The van der Waals surface area contributed by atoms with E-state index < -0.39 is 0 Å². The number of nitrogens with zero attached hydrogens (tertiary/aromatic N) is 1. The molecule has 6 heteroatoms. The van der Waals surface area contributed by atoms with Crippen LogP contribution in [0, 0.1) is 6.92 Å². The minimum atomic E-state index is -0.233. The lowest BCUT2D eigenvalue weighted by Gasteiger charge is -2.08. The molecule has 3 nitrogen and oxygen atoms in total. The first-order chi connectivity index (χ1) is 14.5. The summed E-state index contributed by atoms with van der Waals surface area (Å²) >= 11 is 13.6. The number of rotatable bonds is 5. The van der Waals surface area contributed by atoms with Gasteiger partial charge in [-0.1, -0.05) is 77.3 Å². The largest absolute Gasteiger partial charge is 0.348 e. The normalized spacial score (nSPS) is 10.8. The van der Waals surface area contributed by atoms with Crippen LogP contribution in [0.25, 0.3) is 21.8 Å². The van der Waals surface area contributed by atoms with Crippen LogP contribution < -0.4 is 5.32 Å². The van der Waals surface area contributed by atoms with Gasteiger partial charge < -0.3 is 5.32 Å². The molecule has 0 unspecified atom stereocenters. The van der Waals surface area contributed by atoms with Crippen molar-refractivity contribution in [3.63, 3.8) is 0 Å². The topological polar surface area (TPSA) is 42.0 Å². The molecule has 4 rings (SSSR count). The van der Waals surface area contributed by atoms with Crippen molar-refractivity contribution >= 4 is 40.4 Å². The molecule has 4 aromatic rings. The first kappa shape index (κ1) is 20.6. The third-order valence-electron chi connectivity index (χ3n) is 4.68. The van der Waals surface area contributed by atoms with Crippen molar-refractivity contribution in [2.45, 2.75) is 13.5 Å². The third-order valence-corrected chi connectivity index (χ3v) is 6.12. The van der Waals surface area contributed by atoms with Crippen LogP contribution in [-0.2, 0) is 6.54 Å². The Balaban J connectivity index is 1.42. The molecule has 0 bridgehead atoms. The van der Waals surface area contributed by atoms with Gasteiger partial charge in [0.05, 0.1) is 16.3 Å². The summed E-state index contributed by atoms with van der Waals surface area (Å²) in [6.45, 7) is 2.48. The molecule has 0 aliphatic heterocycles. The zero-order chi connectivity index (χ0) is 21.1. The van der Waals surface area contributed by atoms with Crippen LogP contribution in [0.2, 0.25) is 10.0 Å². The number of halogens is 2. The lowest BCUT2D eigenvalue weighted by atomic mass is 10.1. The zero-order valence-electron chi connectivity index (χ0n) is 16.2.